The van der Waals surface area contributed by atoms with Crippen molar-refractivity contribution in [2.75, 3.05) is 19.5 Å². The van der Waals surface area contributed by atoms with E-state index in [0.29, 0.717) is 11.1 Å². The van der Waals surface area contributed by atoms with E-state index in [2.05, 4.69) is 10.2 Å². The molecule has 0 aliphatic heterocycles. The number of hydrogen-bond acceptors (Lipinski definition) is 7. The number of hydrogen-bond donors (Lipinski definition) is 1. The lowest BCUT2D eigenvalue weighted by Crippen LogP contribution is -2.20. The van der Waals surface area contributed by atoms with Crippen LogP contribution in [0.4, 0.5) is 4.39 Å². The van der Waals surface area contributed by atoms with Crippen molar-refractivity contribution in [2.24, 2.45) is 0 Å². The van der Waals surface area contributed by atoms with Gasteiger partial charge in [0.25, 0.3) is 5.22 Å². The molecule has 0 aliphatic rings. The maximum atomic E-state index is 13.4. The summed E-state index contributed by atoms with van der Waals surface area (Å²) < 4.78 is 29.4. The van der Waals surface area contributed by atoms with E-state index in [1.54, 1.807) is 31.4 Å². The number of aliphatic hydroxyl groups excluding tert-OH is 1. The Morgan fingerprint density at radius 3 is 2.65 bits per heavy atom. The fourth-order valence-corrected chi connectivity index (χ4v) is 2.75. The third-order valence-electron chi connectivity index (χ3n) is 3.41. The maximum absolute atomic E-state index is 13.4. The molecule has 3 rings (SSSR count). The SMILES string of the molecule is COc1ccc(-c2nnc(SC[C@H](O)COc3ccccc3F)o2)cc1. The van der Waals surface area contributed by atoms with Gasteiger partial charge in [0.15, 0.2) is 11.6 Å². The quantitative estimate of drug-likeness (QED) is 0.604. The van der Waals surface area contributed by atoms with Crippen LogP contribution < -0.4 is 9.47 Å². The van der Waals surface area contributed by atoms with Crippen molar-refractivity contribution in [3.05, 3.63) is 54.3 Å². The van der Waals surface area contributed by atoms with Crippen LogP contribution in [0.25, 0.3) is 11.5 Å². The predicted octanol–water partition coefficient (Wildman–Crippen LogP) is 3.42. The van der Waals surface area contributed by atoms with Crippen molar-refractivity contribution < 1.29 is 23.4 Å². The lowest BCUT2D eigenvalue weighted by atomic mass is 10.2. The Bertz CT molecular complexity index is 841. The molecule has 0 spiro atoms. The average Bonchev–Trinajstić information content (AvgIpc) is 3.15. The predicted molar refractivity (Wildman–Crippen MR) is 94.9 cm³/mol. The summed E-state index contributed by atoms with van der Waals surface area (Å²) in [5.41, 5.74) is 0.772. The number of aromatic nitrogens is 2. The van der Waals surface area contributed by atoms with Gasteiger partial charge in [-0.1, -0.05) is 23.9 Å². The minimum Gasteiger partial charge on any atom is -0.497 e. The molecule has 0 saturated heterocycles. The molecule has 3 aromatic rings. The average molecular weight is 376 g/mol. The fourth-order valence-electron chi connectivity index (χ4n) is 2.08. The zero-order chi connectivity index (χ0) is 18.4. The lowest BCUT2D eigenvalue weighted by molar-refractivity contribution is 0.123. The van der Waals surface area contributed by atoms with Crippen LogP contribution in [0.5, 0.6) is 11.5 Å². The molecule has 1 aromatic heterocycles. The van der Waals surface area contributed by atoms with Gasteiger partial charge in [-0.2, -0.15) is 0 Å². The second-order valence-corrected chi connectivity index (χ2v) is 6.28. The molecule has 8 heteroatoms. The van der Waals surface area contributed by atoms with Crippen LogP contribution in [0.15, 0.2) is 58.2 Å². The Hall–Kier alpha value is -2.58. The maximum Gasteiger partial charge on any atom is 0.276 e. The van der Waals surface area contributed by atoms with Crippen molar-refractivity contribution in [1.29, 1.82) is 0 Å². The summed E-state index contributed by atoms with van der Waals surface area (Å²) in [5, 5.41) is 18.2. The monoisotopic (exact) mass is 376 g/mol. The highest BCUT2D eigenvalue weighted by atomic mass is 32.2. The van der Waals surface area contributed by atoms with E-state index in [1.165, 1.54) is 23.9 Å². The molecule has 136 valence electrons. The third-order valence-corrected chi connectivity index (χ3v) is 4.37. The number of thioether (sulfide) groups is 1. The molecule has 1 atom stereocenters. The zero-order valence-electron chi connectivity index (χ0n) is 14.0. The van der Waals surface area contributed by atoms with Gasteiger partial charge in [-0.3, -0.25) is 0 Å². The number of nitrogens with zero attached hydrogens (tertiary/aromatic N) is 2. The van der Waals surface area contributed by atoms with Crippen molar-refractivity contribution in [2.45, 2.75) is 11.3 Å². The Kier molecular flexibility index (Phi) is 6.08. The highest BCUT2D eigenvalue weighted by molar-refractivity contribution is 7.99. The van der Waals surface area contributed by atoms with Gasteiger partial charge in [-0.25, -0.2) is 4.39 Å². The van der Waals surface area contributed by atoms with Crippen LogP contribution in [0.2, 0.25) is 0 Å². The molecule has 0 amide bonds. The summed E-state index contributed by atoms with van der Waals surface area (Å²) in [5.74, 6) is 1.04. The number of rotatable bonds is 8. The highest BCUT2D eigenvalue weighted by Crippen LogP contribution is 2.25. The Morgan fingerprint density at radius 2 is 1.92 bits per heavy atom. The number of ether oxygens (including phenoxy) is 2. The van der Waals surface area contributed by atoms with E-state index < -0.39 is 11.9 Å². The first-order chi connectivity index (χ1) is 12.7. The largest absolute Gasteiger partial charge is 0.497 e. The number of halogens is 1. The summed E-state index contributed by atoms with van der Waals surface area (Å²) in [6.45, 7) is -0.0343. The second kappa shape index (κ2) is 8.68. The van der Waals surface area contributed by atoms with Crippen molar-refractivity contribution >= 4 is 11.8 Å². The zero-order valence-corrected chi connectivity index (χ0v) is 14.8. The third kappa shape index (κ3) is 4.74. The molecule has 0 radical (unpaired) electrons. The van der Waals surface area contributed by atoms with E-state index in [4.69, 9.17) is 13.9 Å². The first-order valence-corrected chi connectivity index (χ1v) is 8.80. The smallest absolute Gasteiger partial charge is 0.276 e. The number of aliphatic hydroxyl groups is 1. The van der Waals surface area contributed by atoms with E-state index in [1.807, 2.05) is 12.1 Å². The summed E-state index contributed by atoms with van der Waals surface area (Å²) in [6, 6.07) is 13.3. The summed E-state index contributed by atoms with van der Waals surface area (Å²) >= 11 is 1.20. The molecule has 26 heavy (non-hydrogen) atoms. The molecular formula is C18H17FN2O4S. The number of para-hydroxylation sites is 1. The topological polar surface area (TPSA) is 77.6 Å². The van der Waals surface area contributed by atoms with Gasteiger partial charge in [-0.05, 0) is 36.4 Å². The first-order valence-electron chi connectivity index (χ1n) is 7.82. The minimum absolute atomic E-state index is 0.0343. The fraction of sp³-hybridized carbons (Fsp3) is 0.222. The molecule has 6 nitrogen and oxygen atoms in total. The van der Waals surface area contributed by atoms with Gasteiger partial charge >= 0.3 is 0 Å². The Balaban J connectivity index is 1.50. The summed E-state index contributed by atoms with van der Waals surface area (Å²) in [7, 11) is 1.59. The molecular weight excluding hydrogens is 359 g/mol. The van der Waals surface area contributed by atoms with Crippen LogP contribution in [-0.2, 0) is 0 Å². The van der Waals surface area contributed by atoms with Gasteiger partial charge in [0.1, 0.15) is 12.4 Å². The molecule has 0 fully saturated rings. The van der Waals surface area contributed by atoms with E-state index in [9.17, 15) is 9.50 Å². The molecule has 2 aromatic carbocycles. The van der Waals surface area contributed by atoms with Gasteiger partial charge in [0.05, 0.1) is 13.2 Å². The van der Waals surface area contributed by atoms with Crippen LogP contribution in [-0.4, -0.2) is 40.9 Å². The normalized spacial score (nSPS) is 12.0. The van der Waals surface area contributed by atoms with E-state index in [-0.39, 0.29) is 18.1 Å². The van der Waals surface area contributed by atoms with Gasteiger partial charge in [0.2, 0.25) is 5.89 Å². The first kappa shape index (κ1) is 18.2. The summed E-state index contributed by atoms with van der Waals surface area (Å²) in [4.78, 5) is 0. The van der Waals surface area contributed by atoms with Crippen LogP contribution >= 0.6 is 11.8 Å². The molecule has 0 aliphatic carbocycles. The Labute approximate surface area is 154 Å². The van der Waals surface area contributed by atoms with E-state index >= 15 is 0 Å². The highest BCUT2D eigenvalue weighted by Gasteiger charge is 2.13. The number of benzene rings is 2. The van der Waals surface area contributed by atoms with Crippen LogP contribution in [0.1, 0.15) is 0 Å². The molecule has 0 unspecified atom stereocenters. The van der Waals surface area contributed by atoms with Crippen LogP contribution in [0.3, 0.4) is 0 Å². The Morgan fingerprint density at radius 1 is 1.15 bits per heavy atom. The molecule has 1 heterocycles. The van der Waals surface area contributed by atoms with Crippen molar-refractivity contribution in [3.63, 3.8) is 0 Å². The minimum atomic E-state index is -0.809. The molecule has 0 bridgehead atoms. The second-order valence-electron chi connectivity index (χ2n) is 5.31. The molecule has 1 N–H and O–H groups in total. The van der Waals surface area contributed by atoms with Crippen molar-refractivity contribution in [3.8, 4) is 23.0 Å². The number of methoxy groups -OCH3 is 1. The van der Waals surface area contributed by atoms with E-state index in [0.717, 1.165) is 11.3 Å². The van der Waals surface area contributed by atoms with Gasteiger partial charge in [-0.15, -0.1) is 10.2 Å². The molecule has 0 saturated carbocycles. The standard InChI is InChI=1S/C18H17FN2O4S/c1-23-14-8-6-12(7-9-14)17-20-21-18(25-17)26-11-13(22)10-24-16-5-3-2-4-15(16)19/h2-9,13,22H,10-11H2,1H3/t13-/m1/s1. The summed E-state index contributed by atoms with van der Waals surface area (Å²) in [6.07, 6.45) is -0.809. The lowest BCUT2D eigenvalue weighted by Gasteiger charge is -2.11. The van der Waals surface area contributed by atoms with Crippen molar-refractivity contribution in [1.82, 2.24) is 10.2 Å². The van der Waals surface area contributed by atoms with Crippen LogP contribution in [0, 0.1) is 5.82 Å². The van der Waals surface area contributed by atoms with Gasteiger partial charge in [0, 0.05) is 11.3 Å². The van der Waals surface area contributed by atoms with Gasteiger partial charge < -0.3 is 19.0 Å².